The molecule has 2 aromatic rings. The predicted molar refractivity (Wildman–Crippen MR) is 93.6 cm³/mol. The Morgan fingerprint density at radius 2 is 1.81 bits per heavy atom. The van der Waals surface area contributed by atoms with Gasteiger partial charge in [0.25, 0.3) is 0 Å². The van der Waals surface area contributed by atoms with Gasteiger partial charge in [-0.25, -0.2) is 0 Å². The van der Waals surface area contributed by atoms with E-state index in [1.807, 2.05) is 0 Å². The molecule has 1 fully saturated rings. The van der Waals surface area contributed by atoms with Crippen molar-refractivity contribution in [3.05, 3.63) is 46.4 Å². The molecule has 1 saturated heterocycles. The van der Waals surface area contributed by atoms with E-state index in [2.05, 4.69) is 76.0 Å². The highest BCUT2D eigenvalue weighted by atomic mass is 79.9. The molecule has 112 valence electrons. The van der Waals surface area contributed by atoms with Crippen LogP contribution in [0, 0.1) is 0 Å². The zero-order chi connectivity index (χ0) is 14.8. The fourth-order valence-electron chi connectivity index (χ4n) is 3.09. The third-order valence-corrected chi connectivity index (χ3v) is 5.13. The molecule has 0 bridgehead atoms. The topological polar surface area (TPSA) is 6.48 Å². The van der Waals surface area contributed by atoms with Crippen molar-refractivity contribution in [2.75, 3.05) is 26.2 Å². The first-order chi connectivity index (χ1) is 10.1. The van der Waals surface area contributed by atoms with E-state index in [4.69, 9.17) is 0 Å². The Morgan fingerprint density at radius 1 is 1.05 bits per heavy atom. The smallest absolute Gasteiger partial charge is 0.0253 e. The number of fused-ring (bicyclic) bond motifs is 1. The third kappa shape index (κ3) is 3.47. The van der Waals surface area contributed by atoms with Gasteiger partial charge in [0.1, 0.15) is 0 Å². The van der Waals surface area contributed by atoms with E-state index in [0.29, 0.717) is 6.04 Å². The van der Waals surface area contributed by atoms with Gasteiger partial charge in [-0.2, -0.15) is 0 Å². The molecule has 0 spiro atoms. The van der Waals surface area contributed by atoms with E-state index < -0.39 is 0 Å². The van der Waals surface area contributed by atoms with Gasteiger partial charge in [-0.05, 0) is 42.3 Å². The highest BCUT2D eigenvalue weighted by molar-refractivity contribution is 9.10. The SMILES string of the molecule is CC(C)N1CCN(Cc2ccc3c(Br)cccc3c2)CC1. The Balaban J connectivity index is 1.69. The summed E-state index contributed by atoms with van der Waals surface area (Å²) in [5, 5.41) is 2.62. The van der Waals surface area contributed by atoms with Crippen LogP contribution in [0.1, 0.15) is 19.4 Å². The number of benzene rings is 2. The van der Waals surface area contributed by atoms with Crippen LogP contribution in [0.25, 0.3) is 10.8 Å². The second-order valence-electron chi connectivity index (χ2n) is 6.20. The van der Waals surface area contributed by atoms with Crippen molar-refractivity contribution in [1.29, 1.82) is 0 Å². The second-order valence-corrected chi connectivity index (χ2v) is 7.06. The number of hydrogen-bond donors (Lipinski definition) is 0. The Morgan fingerprint density at radius 3 is 2.52 bits per heavy atom. The quantitative estimate of drug-likeness (QED) is 0.824. The molecule has 21 heavy (non-hydrogen) atoms. The van der Waals surface area contributed by atoms with Gasteiger partial charge >= 0.3 is 0 Å². The van der Waals surface area contributed by atoms with Crippen molar-refractivity contribution in [1.82, 2.24) is 9.80 Å². The highest BCUT2D eigenvalue weighted by Crippen LogP contribution is 2.25. The van der Waals surface area contributed by atoms with Crippen molar-refractivity contribution in [3.8, 4) is 0 Å². The lowest BCUT2D eigenvalue weighted by Crippen LogP contribution is -2.48. The van der Waals surface area contributed by atoms with Crippen molar-refractivity contribution < 1.29 is 0 Å². The first kappa shape index (κ1) is 15.0. The second kappa shape index (κ2) is 6.47. The summed E-state index contributed by atoms with van der Waals surface area (Å²) in [4.78, 5) is 5.13. The number of halogens is 1. The van der Waals surface area contributed by atoms with Crippen LogP contribution in [0.15, 0.2) is 40.9 Å². The molecule has 1 heterocycles. The molecule has 0 saturated carbocycles. The van der Waals surface area contributed by atoms with Crippen molar-refractivity contribution in [2.45, 2.75) is 26.4 Å². The van der Waals surface area contributed by atoms with Gasteiger partial charge < -0.3 is 0 Å². The van der Waals surface area contributed by atoms with Crippen molar-refractivity contribution in [3.63, 3.8) is 0 Å². The number of nitrogens with zero attached hydrogens (tertiary/aromatic N) is 2. The number of hydrogen-bond acceptors (Lipinski definition) is 2. The van der Waals surface area contributed by atoms with Crippen LogP contribution in [0.5, 0.6) is 0 Å². The van der Waals surface area contributed by atoms with E-state index in [9.17, 15) is 0 Å². The summed E-state index contributed by atoms with van der Waals surface area (Å²) in [6, 6.07) is 13.9. The molecule has 0 atom stereocenters. The van der Waals surface area contributed by atoms with Crippen LogP contribution in [-0.2, 0) is 6.54 Å². The Labute approximate surface area is 135 Å². The largest absolute Gasteiger partial charge is 0.298 e. The minimum absolute atomic E-state index is 0.671. The fourth-order valence-corrected chi connectivity index (χ4v) is 3.60. The lowest BCUT2D eigenvalue weighted by atomic mass is 10.1. The summed E-state index contributed by atoms with van der Waals surface area (Å²) in [5.41, 5.74) is 1.42. The van der Waals surface area contributed by atoms with Gasteiger partial charge in [-0.3, -0.25) is 9.80 Å². The normalized spacial score (nSPS) is 17.7. The fraction of sp³-hybridized carbons (Fsp3) is 0.444. The van der Waals surface area contributed by atoms with Gasteiger partial charge in [-0.1, -0.05) is 40.2 Å². The summed E-state index contributed by atoms with van der Waals surface area (Å²) in [5.74, 6) is 0. The number of rotatable bonds is 3. The average molecular weight is 347 g/mol. The maximum atomic E-state index is 3.62. The molecule has 3 heteroatoms. The van der Waals surface area contributed by atoms with E-state index in [-0.39, 0.29) is 0 Å². The van der Waals surface area contributed by atoms with Gasteiger partial charge in [0.15, 0.2) is 0 Å². The summed E-state index contributed by atoms with van der Waals surface area (Å²) in [7, 11) is 0. The van der Waals surface area contributed by atoms with Crippen LogP contribution in [0.4, 0.5) is 0 Å². The molecule has 1 aliphatic rings. The predicted octanol–water partition coefficient (Wildman–Crippen LogP) is 4.13. The Kier molecular flexibility index (Phi) is 4.63. The lowest BCUT2D eigenvalue weighted by Gasteiger charge is -2.37. The van der Waals surface area contributed by atoms with Gasteiger partial charge in [0.2, 0.25) is 0 Å². The van der Waals surface area contributed by atoms with Crippen LogP contribution in [-0.4, -0.2) is 42.0 Å². The summed E-state index contributed by atoms with van der Waals surface area (Å²) in [6.45, 7) is 10.4. The monoisotopic (exact) mass is 346 g/mol. The molecule has 2 nitrogen and oxygen atoms in total. The van der Waals surface area contributed by atoms with E-state index in [1.54, 1.807) is 0 Å². The van der Waals surface area contributed by atoms with Gasteiger partial charge in [0, 0.05) is 43.2 Å². The minimum atomic E-state index is 0.671. The standard InChI is InChI=1S/C18H23BrN2/c1-14(2)21-10-8-20(9-11-21)13-15-6-7-17-16(12-15)4-3-5-18(17)19/h3-7,12,14H,8-11,13H2,1-2H3. The maximum Gasteiger partial charge on any atom is 0.0253 e. The first-order valence-electron chi connectivity index (χ1n) is 7.77. The Hall–Kier alpha value is -0.900. The zero-order valence-corrected chi connectivity index (χ0v) is 14.4. The molecular weight excluding hydrogens is 324 g/mol. The van der Waals surface area contributed by atoms with Crippen LogP contribution < -0.4 is 0 Å². The number of piperazine rings is 1. The van der Waals surface area contributed by atoms with E-state index in [0.717, 1.165) is 6.54 Å². The van der Waals surface area contributed by atoms with Crippen LogP contribution in [0.2, 0.25) is 0 Å². The molecule has 2 aromatic carbocycles. The van der Waals surface area contributed by atoms with E-state index >= 15 is 0 Å². The summed E-state index contributed by atoms with van der Waals surface area (Å²) < 4.78 is 1.18. The van der Waals surface area contributed by atoms with Gasteiger partial charge in [-0.15, -0.1) is 0 Å². The third-order valence-electron chi connectivity index (χ3n) is 4.43. The molecule has 3 rings (SSSR count). The maximum absolute atomic E-state index is 3.62. The Bertz CT molecular complexity index is 616. The molecule has 0 radical (unpaired) electrons. The molecule has 0 aromatic heterocycles. The molecular formula is C18H23BrN2. The average Bonchev–Trinajstić information content (AvgIpc) is 2.48. The van der Waals surface area contributed by atoms with Gasteiger partial charge in [0.05, 0.1) is 0 Å². The first-order valence-corrected chi connectivity index (χ1v) is 8.56. The molecule has 0 N–H and O–H groups in total. The molecule has 0 unspecified atom stereocenters. The van der Waals surface area contributed by atoms with Crippen molar-refractivity contribution in [2.24, 2.45) is 0 Å². The molecule has 1 aliphatic heterocycles. The highest BCUT2D eigenvalue weighted by Gasteiger charge is 2.18. The lowest BCUT2D eigenvalue weighted by molar-refractivity contribution is 0.104. The molecule has 0 aliphatic carbocycles. The van der Waals surface area contributed by atoms with Crippen LogP contribution in [0.3, 0.4) is 0 Å². The van der Waals surface area contributed by atoms with Crippen molar-refractivity contribution >= 4 is 26.7 Å². The molecule has 0 amide bonds. The van der Waals surface area contributed by atoms with E-state index in [1.165, 1.54) is 47.0 Å². The minimum Gasteiger partial charge on any atom is -0.298 e. The summed E-state index contributed by atoms with van der Waals surface area (Å²) in [6.07, 6.45) is 0. The van der Waals surface area contributed by atoms with Crippen LogP contribution >= 0.6 is 15.9 Å². The summed E-state index contributed by atoms with van der Waals surface area (Å²) >= 11 is 3.62. The zero-order valence-electron chi connectivity index (χ0n) is 12.8.